The molecule has 1 atom stereocenters. The van der Waals surface area contributed by atoms with Gasteiger partial charge in [0, 0.05) is 11.9 Å². The highest BCUT2D eigenvalue weighted by Gasteiger charge is 2.18. The molecule has 0 aliphatic rings. The van der Waals surface area contributed by atoms with E-state index in [9.17, 15) is 9.59 Å². The number of hydrogen-bond acceptors (Lipinski definition) is 4. The molecule has 0 saturated carbocycles. The molecular weight excluding hydrogens is 258 g/mol. The summed E-state index contributed by atoms with van der Waals surface area (Å²) >= 11 is 2.74. The Kier molecular flexibility index (Phi) is 5.50. The van der Waals surface area contributed by atoms with Crippen molar-refractivity contribution in [1.82, 2.24) is 4.90 Å². The average molecular weight is 273 g/mol. The van der Waals surface area contributed by atoms with Crippen molar-refractivity contribution in [3.05, 3.63) is 22.4 Å². The Balaban J connectivity index is 2.43. The summed E-state index contributed by atoms with van der Waals surface area (Å²) in [6.07, 6.45) is 0. The minimum atomic E-state index is -0.892. The zero-order valence-corrected chi connectivity index (χ0v) is 11.4. The van der Waals surface area contributed by atoms with E-state index < -0.39 is 5.97 Å². The first-order chi connectivity index (χ1) is 8.02. The van der Waals surface area contributed by atoms with Crippen LogP contribution in [0.1, 0.15) is 17.8 Å². The van der Waals surface area contributed by atoms with Gasteiger partial charge in [-0.15, -0.1) is 23.1 Å². The second-order valence-corrected chi connectivity index (χ2v) is 5.55. The quantitative estimate of drug-likeness (QED) is 0.862. The summed E-state index contributed by atoms with van der Waals surface area (Å²) in [7, 11) is 1.74. The Morgan fingerprint density at radius 3 is 2.76 bits per heavy atom. The molecule has 0 aliphatic heterocycles. The first-order valence-electron chi connectivity index (χ1n) is 5.11. The Labute approximate surface area is 109 Å². The molecule has 94 valence electrons. The number of hydrogen-bond donors (Lipinski definition) is 1. The maximum atomic E-state index is 11.8. The second kappa shape index (κ2) is 6.66. The summed E-state index contributed by atoms with van der Waals surface area (Å²) in [5.74, 6) is -0.764. The number of carboxylic acids is 1. The molecule has 1 aromatic heterocycles. The van der Waals surface area contributed by atoms with Gasteiger partial charge in [-0.05, 0) is 18.4 Å². The van der Waals surface area contributed by atoms with Gasteiger partial charge in [-0.1, -0.05) is 6.07 Å². The molecule has 1 rings (SSSR count). The molecule has 0 aromatic carbocycles. The maximum Gasteiger partial charge on any atom is 0.313 e. The monoisotopic (exact) mass is 273 g/mol. The van der Waals surface area contributed by atoms with Gasteiger partial charge in [0.2, 0.25) is 5.91 Å². The number of thiophene rings is 1. The van der Waals surface area contributed by atoms with Crippen molar-refractivity contribution in [1.29, 1.82) is 0 Å². The van der Waals surface area contributed by atoms with Crippen LogP contribution in [0.4, 0.5) is 0 Å². The molecule has 4 nitrogen and oxygen atoms in total. The highest BCUT2D eigenvalue weighted by molar-refractivity contribution is 8.00. The summed E-state index contributed by atoms with van der Waals surface area (Å²) < 4.78 is 0. The standard InChI is InChI=1S/C11H15NO3S2/c1-8(9-4-3-5-17-9)12(2)10(13)6-16-7-11(14)15/h3-5,8H,6-7H2,1-2H3,(H,14,15). The van der Waals surface area contributed by atoms with Crippen molar-refractivity contribution in [3.8, 4) is 0 Å². The van der Waals surface area contributed by atoms with E-state index in [-0.39, 0.29) is 23.5 Å². The summed E-state index contributed by atoms with van der Waals surface area (Å²) in [5, 5.41) is 10.5. The molecule has 0 fully saturated rings. The first kappa shape index (κ1) is 14.1. The number of carbonyl (C=O) groups excluding carboxylic acids is 1. The van der Waals surface area contributed by atoms with E-state index in [0.29, 0.717) is 0 Å². The SMILES string of the molecule is CC(c1cccs1)N(C)C(=O)CSCC(=O)O. The van der Waals surface area contributed by atoms with Gasteiger partial charge in [-0.2, -0.15) is 0 Å². The minimum absolute atomic E-state index is 0.0348. The highest BCUT2D eigenvalue weighted by Crippen LogP contribution is 2.23. The van der Waals surface area contributed by atoms with Crippen LogP contribution >= 0.6 is 23.1 Å². The third kappa shape index (κ3) is 4.40. The van der Waals surface area contributed by atoms with Crippen molar-refractivity contribution in [2.24, 2.45) is 0 Å². The van der Waals surface area contributed by atoms with Crippen LogP contribution in [0.3, 0.4) is 0 Å². The van der Waals surface area contributed by atoms with Crippen LogP contribution in [0.5, 0.6) is 0 Å². The Morgan fingerprint density at radius 1 is 1.53 bits per heavy atom. The van der Waals surface area contributed by atoms with Crippen LogP contribution in [-0.2, 0) is 9.59 Å². The molecule has 1 amide bonds. The van der Waals surface area contributed by atoms with Crippen LogP contribution in [0, 0.1) is 0 Å². The number of thioether (sulfide) groups is 1. The molecule has 17 heavy (non-hydrogen) atoms. The van der Waals surface area contributed by atoms with Gasteiger partial charge in [-0.3, -0.25) is 9.59 Å². The first-order valence-corrected chi connectivity index (χ1v) is 7.14. The summed E-state index contributed by atoms with van der Waals surface area (Å²) in [6.45, 7) is 1.96. The number of rotatable bonds is 6. The van der Waals surface area contributed by atoms with Gasteiger partial charge in [0.25, 0.3) is 0 Å². The smallest absolute Gasteiger partial charge is 0.313 e. The number of carbonyl (C=O) groups is 2. The fraction of sp³-hybridized carbons (Fsp3) is 0.455. The van der Waals surface area contributed by atoms with Crippen molar-refractivity contribution in [2.75, 3.05) is 18.6 Å². The van der Waals surface area contributed by atoms with Crippen LogP contribution in [0.15, 0.2) is 17.5 Å². The van der Waals surface area contributed by atoms with Crippen molar-refractivity contribution in [3.63, 3.8) is 0 Å². The molecule has 1 aromatic rings. The largest absolute Gasteiger partial charge is 0.481 e. The predicted octanol–water partition coefficient (Wildman–Crippen LogP) is 2.09. The molecule has 0 bridgehead atoms. The predicted molar refractivity (Wildman–Crippen MR) is 70.5 cm³/mol. The lowest BCUT2D eigenvalue weighted by atomic mass is 10.2. The number of aliphatic carboxylic acids is 1. The topological polar surface area (TPSA) is 57.6 Å². The lowest BCUT2D eigenvalue weighted by molar-refractivity contribution is -0.133. The Hall–Kier alpha value is -1.01. The Morgan fingerprint density at radius 2 is 2.24 bits per heavy atom. The molecule has 0 saturated heterocycles. The van der Waals surface area contributed by atoms with Gasteiger partial charge >= 0.3 is 5.97 Å². The second-order valence-electron chi connectivity index (χ2n) is 3.58. The molecule has 0 aliphatic carbocycles. The van der Waals surface area contributed by atoms with E-state index in [1.165, 1.54) is 0 Å². The average Bonchev–Trinajstić information content (AvgIpc) is 2.79. The molecule has 1 heterocycles. The zero-order valence-electron chi connectivity index (χ0n) is 9.75. The van der Waals surface area contributed by atoms with E-state index in [1.54, 1.807) is 23.3 Å². The lowest BCUT2D eigenvalue weighted by Crippen LogP contribution is -2.30. The molecule has 1 N–H and O–H groups in total. The van der Waals surface area contributed by atoms with E-state index in [2.05, 4.69) is 0 Å². The normalized spacial score (nSPS) is 12.1. The number of amides is 1. The van der Waals surface area contributed by atoms with Gasteiger partial charge in [0.1, 0.15) is 0 Å². The minimum Gasteiger partial charge on any atom is -0.481 e. The van der Waals surface area contributed by atoms with E-state index in [0.717, 1.165) is 16.6 Å². The van der Waals surface area contributed by atoms with E-state index in [1.807, 2.05) is 24.4 Å². The van der Waals surface area contributed by atoms with Gasteiger partial charge in [-0.25, -0.2) is 0 Å². The lowest BCUT2D eigenvalue weighted by Gasteiger charge is -2.23. The fourth-order valence-electron chi connectivity index (χ4n) is 1.26. The summed E-state index contributed by atoms with van der Waals surface area (Å²) in [6, 6.07) is 3.98. The van der Waals surface area contributed by atoms with Crippen molar-refractivity contribution >= 4 is 35.0 Å². The van der Waals surface area contributed by atoms with Crippen LogP contribution in [0.2, 0.25) is 0 Å². The van der Waals surface area contributed by atoms with Gasteiger partial charge < -0.3 is 10.0 Å². The van der Waals surface area contributed by atoms with Gasteiger partial charge in [0.15, 0.2) is 0 Å². The fourth-order valence-corrected chi connectivity index (χ4v) is 2.74. The van der Waals surface area contributed by atoms with E-state index >= 15 is 0 Å². The maximum absolute atomic E-state index is 11.8. The molecule has 1 unspecified atom stereocenters. The van der Waals surface area contributed by atoms with Gasteiger partial charge in [0.05, 0.1) is 17.5 Å². The Bertz CT molecular complexity index is 378. The molecule has 0 radical (unpaired) electrons. The molecular formula is C11H15NO3S2. The van der Waals surface area contributed by atoms with Crippen molar-refractivity contribution in [2.45, 2.75) is 13.0 Å². The summed E-state index contributed by atoms with van der Waals surface area (Å²) in [4.78, 5) is 24.9. The number of nitrogens with zero attached hydrogens (tertiary/aromatic N) is 1. The van der Waals surface area contributed by atoms with Crippen molar-refractivity contribution < 1.29 is 14.7 Å². The van der Waals surface area contributed by atoms with Crippen LogP contribution in [0.25, 0.3) is 0 Å². The summed E-state index contributed by atoms with van der Waals surface area (Å²) in [5.41, 5.74) is 0. The van der Waals surface area contributed by atoms with E-state index in [4.69, 9.17) is 5.11 Å². The number of carboxylic acid groups (broad SMARTS) is 1. The molecule has 6 heteroatoms. The molecule has 0 spiro atoms. The zero-order chi connectivity index (χ0) is 12.8. The van der Waals surface area contributed by atoms with Crippen LogP contribution < -0.4 is 0 Å². The third-order valence-corrected chi connectivity index (χ3v) is 4.33. The third-order valence-electron chi connectivity index (χ3n) is 2.38. The van der Waals surface area contributed by atoms with Crippen LogP contribution in [-0.4, -0.2) is 40.4 Å². The highest BCUT2D eigenvalue weighted by atomic mass is 32.2.